The van der Waals surface area contributed by atoms with Crippen LogP contribution in [-0.4, -0.2) is 52.0 Å². The number of nitrogens with one attached hydrogen (secondary N) is 1. The van der Waals surface area contributed by atoms with Gasteiger partial charge in [0.05, 0.1) is 16.3 Å². The molecule has 0 atom stereocenters. The van der Waals surface area contributed by atoms with Crippen LogP contribution in [0.5, 0.6) is 0 Å². The minimum Gasteiger partial charge on any atom is -0.325 e. The normalized spacial score (nSPS) is 12.2. The summed E-state index contributed by atoms with van der Waals surface area (Å²) in [6.45, 7) is 5.08. The number of hydrogen-bond donors (Lipinski definition) is 1. The number of rotatable bonds is 9. The van der Waals surface area contributed by atoms with E-state index in [4.69, 9.17) is 0 Å². The topological polar surface area (TPSA) is 104 Å². The van der Waals surface area contributed by atoms with Crippen LogP contribution in [0.3, 0.4) is 0 Å². The Balaban J connectivity index is 1.92. The van der Waals surface area contributed by atoms with E-state index in [1.807, 2.05) is 38.1 Å². The molecule has 0 aliphatic rings. The number of carbonyl (C=O) groups is 1. The Hall–Kier alpha value is -3.05. The highest BCUT2D eigenvalue weighted by Gasteiger charge is 2.27. The third-order valence-electron chi connectivity index (χ3n) is 5.72. The molecule has 3 aromatic carbocycles. The summed E-state index contributed by atoms with van der Waals surface area (Å²) in [6, 6.07) is 18.3. The summed E-state index contributed by atoms with van der Waals surface area (Å²) in [4.78, 5) is 13.2. The van der Waals surface area contributed by atoms with Gasteiger partial charge in [0.1, 0.15) is 0 Å². The van der Waals surface area contributed by atoms with Gasteiger partial charge in [-0.25, -0.2) is 21.1 Å². The molecule has 192 valence electrons. The number of anilines is 1. The van der Waals surface area contributed by atoms with Crippen LogP contribution in [-0.2, 0) is 31.4 Å². The first-order valence-corrected chi connectivity index (χ1v) is 14.1. The zero-order valence-electron chi connectivity index (χ0n) is 21.0. The third kappa shape index (κ3) is 6.38. The molecule has 0 radical (unpaired) electrons. The second-order valence-electron chi connectivity index (χ2n) is 8.88. The average Bonchev–Trinajstić information content (AvgIpc) is 2.81. The molecule has 0 heterocycles. The highest BCUT2D eigenvalue weighted by atomic mass is 32.2. The van der Waals surface area contributed by atoms with Gasteiger partial charge in [-0.2, -0.15) is 4.31 Å². The maximum atomic E-state index is 13.5. The highest BCUT2D eigenvalue weighted by molar-refractivity contribution is 7.89. The Morgan fingerprint density at radius 1 is 0.750 bits per heavy atom. The predicted molar refractivity (Wildman–Crippen MR) is 141 cm³/mol. The van der Waals surface area contributed by atoms with E-state index in [2.05, 4.69) is 5.32 Å². The molecule has 0 aliphatic carbocycles. The smallest absolute Gasteiger partial charge is 0.243 e. The predicted octanol–water partition coefficient (Wildman–Crippen LogP) is 3.69. The van der Waals surface area contributed by atoms with Crippen LogP contribution in [0.1, 0.15) is 22.3 Å². The molecule has 8 nitrogen and oxygen atoms in total. The Bertz CT molecular complexity index is 1450. The zero-order chi connectivity index (χ0) is 26.7. The molecule has 3 aromatic rings. The monoisotopic (exact) mass is 529 g/mol. The summed E-state index contributed by atoms with van der Waals surface area (Å²) in [7, 11) is -4.86. The number of amides is 1. The SMILES string of the molecule is Cc1ccc(CN(CC(=O)Nc2cc(S(=O)(=O)N(C)C)ccc2C)S(=O)(=O)c2ccc(C)cc2)cc1. The second kappa shape index (κ2) is 10.9. The van der Waals surface area contributed by atoms with Gasteiger partial charge in [0, 0.05) is 26.3 Å². The van der Waals surface area contributed by atoms with Crippen LogP contribution in [0.15, 0.2) is 76.5 Å². The molecular weight excluding hydrogens is 498 g/mol. The number of aryl methyl sites for hydroxylation is 3. The Kier molecular flexibility index (Phi) is 8.35. The second-order valence-corrected chi connectivity index (χ2v) is 13.0. The van der Waals surface area contributed by atoms with Crippen LogP contribution in [0.25, 0.3) is 0 Å². The van der Waals surface area contributed by atoms with Crippen LogP contribution in [0.4, 0.5) is 5.69 Å². The summed E-state index contributed by atoms with van der Waals surface area (Å²) in [5.41, 5.74) is 3.63. The molecule has 0 saturated heterocycles. The van der Waals surface area contributed by atoms with Gasteiger partial charge < -0.3 is 5.32 Å². The van der Waals surface area contributed by atoms with Crippen molar-refractivity contribution in [3.63, 3.8) is 0 Å². The van der Waals surface area contributed by atoms with E-state index in [9.17, 15) is 21.6 Å². The molecule has 0 saturated carbocycles. The van der Waals surface area contributed by atoms with Gasteiger partial charge in [0.15, 0.2) is 0 Å². The van der Waals surface area contributed by atoms with Gasteiger partial charge in [-0.15, -0.1) is 0 Å². The summed E-state index contributed by atoms with van der Waals surface area (Å²) in [5, 5.41) is 2.69. The third-order valence-corrected chi connectivity index (χ3v) is 9.34. The fourth-order valence-corrected chi connectivity index (χ4v) is 5.75. The van der Waals surface area contributed by atoms with Crippen molar-refractivity contribution in [1.29, 1.82) is 0 Å². The summed E-state index contributed by atoms with van der Waals surface area (Å²) >= 11 is 0. The summed E-state index contributed by atoms with van der Waals surface area (Å²) in [5.74, 6) is -0.583. The van der Waals surface area contributed by atoms with Crippen molar-refractivity contribution in [3.05, 3.63) is 89.0 Å². The molecule has 1 amide bonds. The quantitative estimate of drug-likeness (QED) is 0.455. The number of carbonyl (C=O) groups excluding carboxylic acids is 1. The first kappa shape index (κ1) is 27.5. The van der Waals surface area contributed by atoms with Gasteiger partial charge in [0.25, 0.3) is 0 Å². The minimum absolute atomic E-state index is 0.00204. The number of sulfonamides is 2. The molecule has 0 aliphatic heterocycles. The van der Waals surface area contributed by atoms with Crippen LogP contribution >= 0.6 is 0 Å². The van der Waals surface area contributed by atoms with Crippen molar-refractivity contribution < 1.29 is 21.6 Å². The number of benzene rings is 3. The van der Waals surface area contributed by atoms with E-state index in [0.717, 1.165) is 25.3 Å². The Morgan fingerprint density at radius 2 is 1.28 bits per heavy atom. The van der Waals surface area contributed by atoms with E-state index in [0.29, 0.717) is 11.3 Å². The lowest BCUT2D eigenvalue weighted by Crippen LogP contribution is -2.37. The van der Waals surface area contributed by atoms with Gasteiger partial charge in [-0.1, -0.05) is 53.6 Å². The van der Waals surface area contributed by atoms with Gasteiger partial charge in [0.2, 0.25) is 26.0 Å². The molecule has 10 heteroatoms. The van der Waals surface area contributed by atoms with E-state index < -0.39 is 32.5 Å². The van der Waals surface area contributed by atoms with E-state index >= 15 is 0 Å². The minimum atomic E-state index is -4.00. The number of hydrogen-bond acceptors (Lipinski definition) is 5. The molecule has 0 aromatic heterocycles. The summed E-state index contributed by atoms with van der Waals surface area (Å²) < 4.78 is 54.2. The average molecular weight is 530 g/mol. The lowest BCUT2D eigenvalue weighted by atomic mass is 10.1. The molecule has 36 heavy (non-hydrogen) atoms. The van der Waals surface area contributed by atoms with Crippen LogP contribution in [0, 0.1) is 20.8 Å². The maximum absolute atomic E-state index is 13.5. The zero-order valence-corrected chi connectivity index (χ0v) is 22.7. The van der Waals surface area contributed by atoms with Gasteiger partial charge in [-0.3, -0.25) is 4.79 Å². The Labute approximate surface area is 213 Å². The van der Waals surface area contributed by atoms with Crippen molar-refractivity contribution in [2.75, 3.05) is 26.0 Å². The first-order chi connectivity index (χ1) is 16.8. The molecule has 0 bridgehead atoms. The number of nitrogens with zero attached hydrogens (tertiary/aromatic N) is 2. The van der Waals surface area contributed by atoms with Gasteiger partial charge >= 0.3 is 0 Å². The van der Waals surface area contributed by atoms with Crippen LogP contribution in [0.2, 0.25) is 0 Å². The van der Waals surface area contributed by atoms with Crippen molar-refractivity contribution in [2.45, 2.75) is 37.1 Å². The Morgan fingerprint density at radius 3 is 1.83 bits per heavy atom. The fourth-order valence-electron chi connectivity index (χ4n) is 3.44. The molecule has 0 fully saturated rings. The van der Waals surface area contributed by atoms with E-state index in [1.54, 1.807) is 25.1 Å². The molecular formula is C26H31N3O5S2. The van der Waals surface area contributed by atoms with Crippen molar-refractivity contribution in [1.82, 2.24) is 8.61 Å². The van der Waals surface area contributed by atoms with Crippen molar-refractivity contribution in [2.24, 2.45) is 0 Å². The summed E-state index contributed by atoms with van der Waals surface area (Å²) in [6.07, 6.45) is 0. The van der Waals surface area contributed by atoms with E-state index in [-0.39, 0.29) is 16.3 Å². The first-order valence-electron chi connectivity index (χ1n) is 11.3. The van der Waals surface area contributed by atoms with Crippen molar-refractivity contribution >= 4 is 31.6 Å². The van der Waals surface area contributed by atoms with Crippen molar-refractivity contribution in [3.8, 4) is 0 Å². The van der Waals surface area contributed by atoms with Crippen LogP contribution < -0.4 is 5.32 Å². The fraction of sp³-hybridized carbons (Fsp3) is 0.269. The standard InChI is InChI=1S/C26H31N3O5S2/c1-19-6-11-22(12-7-19)17-29(36(33,34)23-13-8-20(2)9-14-23)18-26(30)27-25-16-24(15-10-21(25)3)35(31,32)28(4)5/h6-16H,17-18H2,1-5H3,(H,27,30). The molecule has 1 N–H and O–H groups in total. The van der Waals surface area contributed by atoms with E-state index in [1.165, 1.54) is 38.4 Å². The molecule has 0 spiro atoms. The highest BCUT2D eigenvalue weighted by Crippen LogP contribution is 2.23. The lowest BCUT2D eigenvalue weighted by Gasteiger charge is -2.22. The van der Waals surface area contributed by atoms with Gasteiger partial charge in [-0.05, 0) is 56.2 Å². The molecule has 0 unspecified atom stereocenters. The largest absolute Gasteiger partial charge is 0.325 e. The lowest BCUT2D eigenvalue weighted by molar-refractivity contribution is -0.116. The molecule has 3 rings (SSSR count). The maximum Gasteiger partial charge on any atom is 0.243 e.